The van der Waals surface area contributed by atoms with E-state index in [9.17, 15) is 19.8 Å². The smallest absolute Gasteiger partial charge is 0.261 e. The molecule has 2 aromatic heterocycles. The molecule has 0 saturated carbocycles. The van der Waals surface area contributed by atoms with Crippen molar-refractivity contribution in [1.29, 1.82) is 0 Å². The fourth-order valence-corrected chi connectivity index (χ4v) is 4.30. The van der Waals surface area contributed by atoms with Crippen LogP contribution in [0.25, 0.3) is 11.2 Å². The third kappa shape index (κ3) is 3.54. The highest BCUT2D eigenvalue weighted by Crippen LogP contribution is 2.34. The van der Waals surface area contributed by atoms with E-state index < -0.39 is 31.1 Å². The van der Waals surface area contributed by atoms with Crippen molar-refractivity contribution in [3.8, 4) is 0 Å². The van der Waals surface area contributed by atoms with Crippen LogP contribution in [0.2, 0.25) is 0 Å². The maximum absolute atomic E-state index is 12.5. The molecule has 1 aromatic carbocycles. The molecule has 2 aliphatic rings. The van der Waals surface area contributed by atoms with Gasteiger partial charge in [0.15, 0.2) is 17.7 Å². The first kappa shape index (κ1) is 22.2. The predicted octanol–water partition coefficient (Wildman–Crippen LogP) is -0.687. The zero-order chi connectivity index (χ0) is 24.0. The Labute approximate surface area is 192 Å². The molecule has 3 aromatic rings. The second-order valence-electron chi connectivity index (χ2n) is 8.03. The summed E-state index contributed by atoms with van der Waals surface area (Å²) in [5.41, 5.74) is 12.9. The van der Waals surface area contributed by atoms with Gasteiger partial charge >= 0.3 is 0 Å². The minimum Gasteiger partial charge on any atom is -0.394 e. The number of anilines is 2. The number of aliphatic hydroxyl groups excluding tert-OH is 2. The number of carbonyl (C=O) groups excluding carboxylic acids is 2. The van der Waals surface area contributed by atoms with Crippen LogP contribution in [0.5, 0.6) is 0 Å². The van der Waals surface area contributed by atoms with Crippen molar-refractivity contribution in [1.82, 2.24) is 24.4 Å². The molecular formula is C21H23N7O6. The molecular weight excluding hydrogens is 446 g/mol. The molecule has 2 aliphatic heterocycles. The van der Waals surface area contributed by atoms with E-state index in [-0.39, 0.29) is 36.7 Å². The number of nitrogens with two attached hydrogens (primary N) is 2. The number of hydrogen-bond acceptors (Lipinski definition) is 11. The molecule has 178 valence electrons. The van der Waals surface area contributed by atoms with Gasteiger partial charge in [0.2, 0.25) is 5.95 Å². The first-order chi connectivity index (χ1) is 16.4. The largest absolute Gasteiger partial charge is 0.394 e. The zero-order valence-electron chi connectivity index (χ0n) is 17.9. The third-order valence-electron chi connectivity index (χ3n) is 5.95. The minimum atomic E-state index is -1.15. The lowest BCUT2D eigenvalue weighted by molar-refractivity contribution is -0.0712. The Bertz CT molecular complexity index is 1230. The number of amides is 2. The lowest BCUT2D eigenvalue weighted by Crippen LogP contribution is -2.36. The first-order valence-corrected chi connectivity index (χ1v) is 10.7. The number of rotatable bonds is 7. The average Bonchev–Trinajstić information content (AvgIpc) is 3.45. The lowest BCUT2D eigenvalue weighted by atomic mass is 10.1. The van der Waals surface area contributed by atoms with Crippen LogP contribution in [0.3, 0.4) is 0 Å². The molecule has 1 fully saturated rings. The predicted molar refractivity (Wildman–Crippen MR) is 117 cm³/mol. The van der Waals surface area contributed by atoms with Gasteiger partial charge in [-0.3, -0.25) is 19.1 Å². The lowest BCUT2D eigenvalue weighted by Gasteiger charge is -2.22. The molecule has 6 N–H and O–H groups in total. The molecule has 0 unspecified atom stereocenters. The quantitative estimate of drug-likeness (QED) is 0.253. The normalized spacial score (nSPS) is 24.4. The molecule has 4 heterocycles. The highest BCUT2D eigenvalue weighted by Gasteiger charge is 2.46. The van der Waals surface area contributed by atoms with Crippen molar-refractivity contribution in [2.45, 2.75) is 31.0 Å². The van der Waals surface area contributed by atoms with Gasteiger partial charge in [-0.2, -0.15) is 9.97 Å². The SMILES string of the molecule is Nc1nc(N)c2ncn([C@@H]3O[C@H](CO)[C@@H](O)[C@H]3OCCCN3C(=O)c4ccccc4C3=O)c2n1. The molecule has 13 heteroatoms. The van der Waals surface area contributed by atoms with Gasteiger partial charge < -0.3 is 31.2 Å². The van der Waals surface area contributed by atoms with Gasteiger partial charge in [0.05, 0.1) is 24.1 Å². The summed E-state index contributed by atoms with van der Waals surface area (Å²) in [5.74, 6) is -0.648. The third-order valence-corrected chi connectivity index (χ3v) is 5.95. The number of nitrogen functional groups attached to an aromatic ring is 2. The Kier molecular flexibility index (Phi) is 5.61. The van der Waals surface area contributed by atoms with Crippen molar-refractivity contribution < 1.29 is 29.3 Å². The van der Waals surface area contributed by atoms with E-state index in [0.29, 0.717) is 28.7 Å². The maximum atomic E-state index is 12.5. The van der Waals surface area contributed by atoms with Crippen molar-refractivity contribution in [3.05, 3.63) is 41.7 Å². The summed E-state index contributed by atoms with van der Waals surface area (Å²) in [4.78, 5) is 38.4. The molecule has 2 amide bonds. The summed E-state index contributed by atoms with van der Waals surface area (Å²) in [7, 11) is 0. The zero-order valence-corrected chi connectivity index (χ0v) is 17.9. The Morgan fingerprint density at radius 2 is 1.82 bits per heavy atom. The number of ether oxygens (including phenoxy) is 2. The van der Waals surface area contributed by atoms with Gasteiger partial charge in [0.1, 0.15) is 23.8 Å². The van der Waals surface area contributed by atoms with Gasteiger partial charge in [-0.25, -0.2) is 4.98 Å². The molecule has 13 nitrogen and oxygen atoms in total. The Hall–Kier alpha value is -3.65. The second kappa shape index (κ2) is 8.61. The van der Waals surface area contributed by atoms with E-state index >= 15 is 0 Å². The van der Waals surface area contributed by atoms with Crippen molar-refractivity contribution in [2.75, 3.05) is 31.2 Å². The van der Waals surface area contributed by atoms with E-state index in [1.54, 1.807) is 24.3 Å². The molecule has 0 spiro atoms. The van der Waals surface area contributed by atoms with E-state index in [4.69, 9.17) is 20.9 Å². The summed E-state index contributed by atoms with van der Waals surface area (Å²) in [6, 6.07) is 6.66. The van der Waals surface area contributed by atoms with Crippen molar-refractivity contribution >= 4 is 34.7 Å². The van der Waals surface area contributed by atoms with Crippen LogP contribution < -0.4 is 11.5 Å². The topological polar surface area (TPSA) is 192 Å². The summed E-state index contributed by atoms with van der Waals surface area (Å²) in [6.07, 6.45) is -2.08. The molecule has 0 radical (unpaired) electrons. The van der Waals surface area contributed by atoms with Gasteiger partial charge in [-0.05, 0) is 18.6 Å². The molecule has 0 aliphatic carbocycles. The van der Waals surface area contributed by atoms with Crippen LogP contribution in [-0.4, -0.2) is 84.5 Å². The fraction of sp³-hybridized carbons (Fsp3) is 0.381. The number of fused-ring (bicyclic) bond motifs is 2. The van der Waals surface area contributed by atoms with Crippen LogP contribution in [-0.2, 0) is 9.47 Å². The van der Waals surface area contributed by atoms with E-state index in [2.05, 4.69) is 15.0 Å². The van der Waals surface area contributed by atoms with Gasteiger partial charge in [-0.1, -0.05) is 12.1 Å². The van der Waals surface area contributed by atoms with Gasteiger partial charge in [0, 0.05) is 13.2 Å². The molecule has 0 bridgehead atoms. The monoisotopic (exact) mass is 469 g/mol. The van der Waals surface area contributed by atoms with Crippen molar-refractivity contribution in [2.24, 2.45) is 0 Å². The number of nitrogens with zero attached hydrogens (tertiary/aromatic N) is 5. The Morgan fingerprint density at radius 1 is 1.12 bits per heavy atom. The van der Waals surface area contributed by atoms with Gasteiger partial charge in [-0.15, -0.1) is 0 Å². The maximum Gasteiger partial charge on any atom is 0.261 e. The van der Waals surface area contributed by atoms with Crippen molar-refractivity contribution in [3.63, 3.8) is 0 Å². The minimum absolute atomic E-state index is 0.0533. The van der Waals surface area contributed by atoms with Crippen LogP contribution in [0.15, 0.2) is 30.6 Å². The summed E-state index contributed by atoms with van der Waals surface area (Å²) in [6.45, 7) is -0.171. The summed E-state index contributed by atoms with van der Waals surface area (Å²) in [5, 5.41) is 20.3. The first-order valence-electron chi connectivity index (χ1n) is 10.7. The standard InChI is InChI=1S/C21H23N7O6/c22-16-13-17(26-21(23)25-16)28(9-24-13)20-15(14(30)12(8-29)34-20)33-7-3-6-27-18(31)10-4-1-2-5-11(10)19(27)32/h1-2,4-5,9,12,14-15,20,29-30H,3,6-8H2,(H4,22,23,25,26)/t12-,14-,15-,20-/m1/s1. The number of aliphatic hydroxyl groups is 2. The summed E-state index contributed by atoms with van der Waals surface area (Å²) >= 11 is 0. The average molecular weight is 469 g/mol. The molecule has 5 rings (SSSR count). The number of imidazole rings is 1. The number of imide groups is 1. The van der Waals surface area contributed by atoms with E-state index in [1.165, 1.54) is 15.8 Å². The van der Waals surface area contributed by atoms with E-state index in [0.717, 1.165) is 0 Å². The Morgan fingerprint density at radius 3 is 2.50 bits per heavy atom. The molecule has 4 atom stereocenters. The molecule has 34 heavy (non-hydrogen) atoms. The second-order valence-corrected chi connectivity index (χ2v) is 8.03. The number of hydrogen-bond donors (Lipinski definition) is 4. The van der Waals surface area contributed by atoms with Crippen LogP contribution in [0.4, 0.5) is 11.8 Å². The van der Waals surface area contributed by atoms with Crippen LogP contribution >= 0.6 is 0 Å². The van der Waals surface area contributed by atoms with Crippen LogP contribution in [0, 0.1) is 0 Å². The number of carbonyl (C=O) groups is 2. The fourth-order valence-electron chi connectivity index (χ4n) is 4.30. The number of aromatic nitrogens is 4. The van der Waals surface area contributed by atoms with E-state index in [1.807, 2.05) is 0 Å². The highest BCUT2D eigenvalue weighted by molar-refractivity contribution is 6.21. The Balaban J connectivity index is 1.29. The summed E-state index contributed by atoms with van der Waals surface area (Å²) < 4.78 is 13.2. The highest BCUT2D eigenvalue weighted by atomic mass is 16.6. The van der Waals surface area contributed by atoms with Gasteiger partial charge in [0.25, 0.3) is 11.8 Å². The number of benzene rings is 1. The van der Waals surface area contributed by atoms with Crippen LogP contribution in [0.1, 0.15) is 33.4 Å². The molecule has 1 saturated heterocycles.